The molecule has 0 aromatic rings. The Bertz CT molecular complexity index is 242. The highest BCUT2D eigenvalue weighted by Gasteiger charge is 2.26. The Hall–Kier alpha value is 0.930. The number of hydrogen-bond donors (Lipinski definition) is 0. The summed E-state index contributed by atoms with van der Waals surface area (Å²) in [4.78, 5) is -1.14. The molecular weight excluding hydrogens is 297 g/mol. The van der Waals surface area contributed by atoms with E-state index in [0.29, 0.717) is 5.57 Å². The Morgan fingerprint density at radius 3 is 2.20 bits per heavy atom. The summed E-state index contributed by atoms with van der Waals surface area (Å²) in [5.41, 5.74) is 1.91. The topological polar surface area (TPSA) is 0 Å². The Balaban J connectivity index is 4.53. The Morgan fingerprint density at radius 2 is 1.87 bits per heavy atom. The molecule has 0 aliphatic heterocycles. The van der Waals surface area contributed by atoms with Gasteiger partial charge < -0.3 is 0 Å². The molecule has 0 heterocycles. The molecule has 0 amide bonds. The minimum atomic E-state index is -0.661. The zero-order valence-corrected chi connectivity index (χ0v) is 12.3. The van der Waals surface area contributed by atoms with E-state index in [9.17, 15) is 0 Å². The van der Waals surface area contributed by atoms with Gasteiger partial charge in [-0.2, -0.15) is 0 Å². The van der Waals surface area contributed by atoms with E-state index in [4.69, 9.17) is 58.0 Å². The van der Waals surface area contributed by atoms with Crippen molar-refractivity contribution in [3.05, 3.63) is 23.3 Å². The molecule has 0 N–H and O–H groups in total. The molecule has 0 spiro atoms. The van der Waals surface area contributed by atoms with Crippen LogP contribution < -0.4 is 0 Å². The van der Waals surface area contributed by atoms with Gasteiger partial charge in [0.25, 0.3) is 0 Å². The molecule has 0 radical (unpaired) electrons. The van der Waals surface area contributed by atoms with Crippen molar-refractivity contribution in [3.8, 4) is 0 Å². The molecule has 5 heteroatoms. The Morgan fingerprint density at radius 1 is 1.33 bits per heavy atom. The molecular formula is C10H13Cl5. The van der Waals surface area contributed by atoms with Crippen LogP contribution in [0.1, 0.15) is 20.3 Å². The fraction of sp³-hybridized carbons (Fsp3) is 0.600. The molecule has 0 nitrogen and oxygen atoms in total. The maximum absolute atomic E-state index is 6.18. The summed E-state index contributed by atoms with van der Waals surface area (Å²) >= 11 is 29.1. The first kappa shape index (κ1) is 15.9. The molecule has 15 heavy (non-hydrogen) atoms. The standard InChI is InChI=1S/C10H13Cl5/c1-3-10(2,15)8(12)5-4-7(6-11)9(13)14/h4-6,8-9H,3H2,1-2H3/b5-4+,7-6-/t8-,10+/m0/s1. The van der Waals surface area contributed by atoms with Gasteiger partial charge in [0.1, 0.15) is 4.84 Å². The van der Waals surface area contributed by atoms with Crippen LogP contribution >= 0.6 is 58.0 Å². The number of allylic oxidation sites excluding steroid dienone is 3. The summed E-state index contributed by atoms with van der Waals surface area (Å²) in [6.07, 6.45) is 4.19. The van der Waals surface area contributed by atoms with Gasteiger partial charge in [-0.1, -0.05) is 30.7 Å². The van der Waals surface area contributed by atoms with Crippen LogP contribution in [-0.2, 0) is 0 Å². The molecule has 0 saturated heterocycles. The summed E-state index contributed by atoms with van der Waals surface area (Å²) in [6.45, 7) is 3.85. The minimum Gasteiger partial charge on any atom is -0.118 e. The van der Waals surface area contributed by atoms with E-state index < -0.39 is 9.71 Å². The van der Waals surface area contributed by atoms with E-state index in [0.717, 1.165) is 6.42 Å². The van der Waals surface area contributed by atoms with E-state index in [-0.39, 0.29) is 5.38 Å². The van der Waals surface area contributed by atoms with Gasteiger partial charge in [0.2, 0.25) is 0 Å². The van der Waals surface area contributed by atoms with E-state index in [1.807, 2.05) is 13.8 Å². The molecule has 2 atom stereocenters. The van der Waals surface area contributed by atoms with Crippen molar-refractivity contribution in [3.63, 3.8) is 0 Å². The second-order valence-electron chi connectivity index (χ2n) is 3.30. The molecule has 0 aliphatic carbocycles. The van der Waals surface area contributed by atoms with E-state index in [2.05, 4.69) is 0 Å². The first-order chi connectivity index (χ1) is 6.85. The first-order valence-corrected chi connectivity index (χ1v) is 6.57. The summed E-state index contributed by atoms with van der Waals surface area (Å²) in [5.74, 6) is 0. The van der Waals surface area contributed by atoms with Gasteiger partial charge in [-0.3, -0.25) is 0 Å². The summed E-state index contributed by atoms with van der Waals surface area (Å²) in [7, 11) is 0. The van der Waals surface area contributed by atoms with Crippen LogP contribution in [0.2, 0.25) is 0 Å². The van der Waals surface area contributed by atoms with Gasteiger partial charge in [-0.25, -0.2) is 0 Å². The van der Waals surface area contributed by atoms with Crippen LogP contribution in [-0.4, -0.2) is 15.1 Å². The van der Waals surface area contributed by atoms with Crippen LogP contribution in [0, 0.1) is 0 Å². The van der Waals surface area contributed by atoms with Gasteiger partial charge in [0.05, 0.1) is 10.3 Å². The fourth-order valence-corrected chi connectivity index (χ4v) is 1.65. The molecule has 0 unspecified atom stereocenters. The molecule has 0 rings (SSSR count). The van der Waals surface area contributed by atoms with Gasteiger partial charge in [-0.15, -0.1) is 46.4 Å². The maximum Gasteiger partial charge on any atom is 0.133 e. The molecule has 0 aromatic carbocycles. The second-order valence-corrected chi connectivity index (χ2v) is 5.95. The number of halogens is 5. The SMILES string of the molecule is CC[C@@](C)(Cl)[C@@H](Cl)/C=C/C(=C/Cl)C(Cl)Cl. The van der Waals surface area contributed by atoms with Crippen molar-refractivity contribution in [2.24, 2.45) is 0 Å². The lowest BCUT2D eigenvalue weighted by atomic mass is 10.0. The highest BCUT2D eigenvalue weighted by atomic mass is 35.5. The van der Waals surface area contributed by atoms with Gasteiger partial charge in [0, 0.05) is 5.54 Å². The zero-order valence-electron chi connectivity index (χ0n) is 8.48. The van der Waals surface area contributed by atoms with E-state index in [1.54, 1.807) is 12.2 Å². The average molecular weight is 310 g/mol. The molecule has 0 aliphatic rings. The third-order valence-corrected chi connectivity index (χ3v) is 4.10. The molecule has 0 saturated carbocycles. The van der Waals surface area contributed by atoms with Crippen LogP contribution in [0.4, 0.5) is 0 Å². The van der Waals surface area contributed by atoms with Crippen LogP contribution in [0.25, 0.3) is 0 Å². The predicted octanol–water partition coefficient (Wildman–Crippen LogP) is 5.48. The van der Waals surface area contributed by atoms with Crippen LogP contribution in [0.5, 0.6) is 0 Å². The quantitative estimate of drug-likeness (QED) is 0.465. The Kier molecular flexibility index (Phi) is 7.75. The third kappa shape index (κ3) is 5.70. The summed E-state index contributed by atoms with van der Waals surface area (Å²) in [5, 5.41) is -0.303. The van der Waals surface area contributed by atoms with E-state index >= 15 is 0 Å². The van der Waals surface area contributed by atoms with Crippen molar-refractivity contribution in [1.29, 1.82) is 0 Å². The van der Waals surface area contributed by atoms with E-state index in [1.165, 1.54) is 5.54 Å². The number of hydrogen-bond acceptors (Lipinski definition) is 0. The molecule has 0 fully saturated rings. The lowest BCUT2D eigenvalue weighted by Crippen LogP contribution is -2.26. The largest absolute Gasteiger partial charge is 0.133 e. The average Bonchev–Trinajstić information content (AvgIpc) is 2.17. The summed E-state index contributed by atoms with van der Waals surface area (Å²) < 4.78 is 0. The zero-order chi connectivity index (χ0) is 12.1. The van der Waals surface area contributed by atoms with Crippen molar-refractivity contribution in [2.45, 2.75) is 35.4 Å². The predicted molar refractivity (Wildman–Crippen MR) is 72.8 cm³/mol. The fourth-order valence-electron chi connectivity index (χ4n) is 0.748. The number of alkyl halides is 4. The van der Waals surface area contributed by atoms with Crippen molar-refractivity contribution in [1.82, 2.24) is 0 Å². The Labute approximate surface area is 116 Å². The summed E-state index contributed by atoms with van der Waals surface area (Å²) in [6, 6.07) is 0. The molecule has 0 aromatic heterocycles. The lowest BCUT2D eigenvalue weighted by Gasteiger charge is -2.23. The first-order valence-electron chi connectivity index (χ1n) is 4.44. The van der Waals surface area contributed by atoms with Crippen LogP contribution in [0.15, 0.2) is 23.3 Å². The lowest BCUT2D eigenvalue weighted by molar-refractivity contribution is 0.622. The minimum absolute atomic E-state index is 0.303. The molecule has 88 valence electrons. The normalized spacial score (nSPS) is 19.6. The van der Waals surface area contributed by atoms with Gasteiger partial charge in [0.15, 0.2) is 0 Å². The van der Waals surface area contributed by atoms with Crippen molar-refractivity contribution < 1.29 is 0 Å². The molecule has 0 bridgehead atoms. The highest BCUT2D eigenvalue weighted by Crippen LogP contribution is 2.29. The van der Waals surface area contributed by atoms with Gasteiger partial charge in [-0.05, 0) is 18.9 Å². The highest BCUT2D eigenvalue weighted by molar-refractivity contribution is 6.47. The van der Waals surface area contributed by atoms with Crippen molar-refractivity contribution >= 4 is 58.0 Å². The van der Waals surface area contributed by atoms with Gasteiger partial charge >= 0.3 is 0 Å². The monoisotopic (exact) mass is 308 g/mol. The second kappa shape index (κ2) is 7.29. The van der Waals surface area contributed by atoms with Crippen LogP contribution in [0.3, 0.4) is 0 Å². The third-order valence-electron chi connectivity index (χ3n) is 2.10. The van der Waals surface area contributed by atoms with Crippen molar-refractivity contribution in [2.75, 3.05) is 0 Å². The smallest absolute Gasteiger partial charge is 0.118 e. The maximum atomic E-state index is 6.18. The number of rotatable bonds is 5.